The maximum absolute atomic E-state index is 12.0. The molecule has 4 nitrogen and oxygen atoms in total. The van der Waals surface area contributed by atoms with Crippen molar-refractivity contribution in [1.82, 2.24) is 0 Å². The van der Waals surface area contributed by atoms with Crippen LogP contribution >= 0.6 is 0 Å². The summed E-state index contributed by atoms with van der Waals surface area (Å²) in [6.45, 7) is 9.20. The van der Waals surface area contributed by atoms with E-state index in [0.29, 0.717) is 32.0 Å². The third kappa shape index (κ3) is 4.55. The van der Waals surface area contributed by atoms with Crippen LogP contribution in [-0.2, 0) is 19.0 Å². The molecule has 2 heterocycles. The summed E-state index contributed by atoms with van der Waals surface area (Å²) in [5.74, 6) is 0.0959. The number of rotatable bonds is 4. The van der Waals surface area contributed by atoms with E-state index in [9.17, 15) is 4.79 Å². The van der Waals surface area contributed by atoms with Crippen LogP contribution in [0.4, 0.5) is 0 Å². The molecule has 0 aromatic rings. The second-order valence-electron chi connectivity index (χ2n) is 6.87. The molecule has 0 radical (unpaired) electrons. The SMILES string of the molecule is CC1(C)CCC(CC(=O)CC2COC(C)(C)O2)CO1. The average Bonchev–Trinajstić information content (AvgIpc) is 2.61. The Morgan fingerprint density at radius 1 is 1.11 bits per heavy atom. The molecule has 2 unspecified atom stereocenters. The standard InChI is InChI=1S/C15H26O4/c1-14(2)6-5-11(9-17-14)7-12(16)8-13-10-18-15(3,4)19-13/h11,13H,5-10H2,1-4H3. The second-order valence-corrected chi connectivity index (χ2v) is 6.87. The average molecular weight is 270 g/mol. The van der Waals surface area contributed by atoms with Gasteiger partial charge in [-0.3, -0.25) is 4.79 Å². The van der Waals surface area contributed by atoms with Gasteiger partial charge in [0.25, 0.3) is 0 Å². The first-order chi connectivity index (χ1) is 8.76. The number of ketones is 1. The van der Waals surface area contributed by atoms with Crippen LogP contribution in [0.25, 0.3) is 0 Å². The van der Waals surface area contributed by atoms with Gasteiger partial charge in [0.05, 0.1) is 24.9 Å². The fourth-order valence-corrected chi connectivity index (χ4v) is 2.73. The number of carbonyl (C=O) groups excluding carboxylic acids is 1. The summed E-state index contributed by atoms with van der Waals surface area (Å²) in [6, 6.07) is 0. The van der Waals surface area contributed by atoms with Crippen molar-refractivity contribution in [3.8, 4) is 0 Å². The zero-order chi connectivity index (χ0) is 14.1. The highest BCUT2D eigenvalue weighted by Crippen LogP contribution is 2.30. The lowest BCUT2D eigenvalue weighted by molar-refractivity contribution is -0.143. The summed E-state index contributed by atoms with van der Waals surface area (Å²) >= 11 is 0. The minimum Gasteiger partial charge on any atom is -0.375 e. The van der Waals surface area contributed by atoms with Gasteiger partial charge in [-0.2, -0.15) is 0 Å². The lowest BCUT2D eigenvalue weighted by Crippen LogP contribution is -2.34. The van der Waals surface area contributed by atoms with Gasteiger partial charge in [0.2, 0.25) is 0 Å². The predicted octanol–water partition coefficient (Wildman–Crippen LogP) is 2.69. The van der Waals surface area contributed by atoms with Gasteiger partial charge in [-0.05, 0) is 46.5 Å². The van der Waals surface area contributed by atoms with Crippen LogP contribution in [0.15, 0.2) is 0 Å². The van der Waals surface area contributed by atoms with Crippen molar-refractivity contribution in [3.63, 3.8) is 0 Å². The molecule has 2 saturated heterocycles. The van der Waals surface area contributed by atoms with Gasteiger partial charge in [0.1, 0.15) is 5.78 Å². The van der Waals surface area contributed by atoms with Gasteiger partial charge in [-0.15, -0.1) is 0 Å². The third-order valence-electron chi connectivity index (χ3n) is 3.90. The van der Waals surface area contributed by atoms with E-state index < -0.39 is 5.79 Å². The minimum atomic E-state index is -0.539. The van der Waals surface area contributed by atoms with Crippen molar-refractivity contribution in [3.05, 3.63) is 0 Å². The lowest BCUT2D eigenvalue weighted by atomic mass is 9.88. The monoisotopic (exact) mass is 270 g/mol. The Morgan fingerprint density at radius 3 is 2.37 bits per heavy atom. The molecule has 0 spiro atoms. The molecule has 2 fully saturated rings. The zero-order valence-electron chi connectivity index (χ0n) is 12.5. The van der Waals surface area contributed by atoms with E-state index in [-0.39, 0.29) is 17.5 Å². The van der Waals surface area contributed by atoms with Crippen molar-refractivity contribution in [2.45, 2.75) is 70.9 Å². The molecule has 0 aromatic carbocycles. The Morgan fingerprint density at radius 2 is 1.84 bits per heavy atom. The van der Waals surface area contributed by atoms with Crippen LogP contribution in [-0.4, -0.2) is 36.5 Å². The zero-order valence-corrected chi connectivity index (χ0v) is 12.5. The van der Waals surface area contributed by atoms with Crippen LogP contribution in [0.3, 0.4) is 0 Å². The second kappa shape index (κ2) is 5.51. The molecule has 0 aliphatic carbocycles. The van der Waals surface area contributed by atoms with E-state index >= 15 is 0 Å². The van der Waals surface area contributed by atoms with Crippen LogP contribution in [0, 0.1) is 5.92 Å². The molecule has 0 saturated carbocycles. The van der Waals surface area contributed by atoms with Crippen molar-refractivity contribution < 1.29 is 19.0 Å². The maximum Gasteiger partial charge on any atom is 0.163 e. The van der Waals surface area contributed by atoms with Gasteiger partial charge in [0, 0.05) is 12.8 Å². The third-order valence-corrected chi connectivity index (χ3v) is 3.90. The molecule has 0 amide bonds. The van der Waals surface area contributed by atoms with E-state index in [2.05, 4.69) is 13.8 Å². The normalized spacial score (nSPS) is 33.3. The Kier molecular flexibility index (Phi) is 4.33. The predicted molar refractivity (Wildman–Crippen MR) is 71.9 cm³/mol. The summed E-state index contributed by atoms with van der Waals surface area (Å²) in [4.78, 5) is 12.0. The first kappa shape index (κ1) is 14.9. The van der Waals surface area contributed by atoms with Gasteiger partial charge < -0.3 is 14.2 Å². The van der Waals surface area contributed by atoms with Crippen LogP contribution < -0.4 is 0 Å². The molecule has 2 aliphatic rings. The largest absolute Gasteiger partial charge is 0.375 e. The Balaban J connectivity index is 1.71. The van der Waals surface area contributed by atoms with Crippen molar-refractivity contribution in [2.24, 2.45) is 5.92 Å². The number of hydrogen-bond donors (Lipinski definition) is 0. The minimum absolute atomic E-state index is 0.0218. The summed E-state index contributed by atoms with van der Waals surface area (Å²) < 4.78 is 16.9. The van der Waals surface area contributed by atoms with Gasteiger partial charge in [-0.25, -0.2) is 0 Å². The molecule has 0 aromatic heterocycles. The first-order valence-electron chi connectivity index (χ1n) is 7.23. The lowest BCUT2D eigenvalue weighted by Gasteiger charge is -2.34. The summed E-state index contributed by atoms with van der Waals surface area (Å²) in [7, 11) is 0. The Labute approximate surface area is 115 Å². The van der Waals surface area contributed by atoms with Gasteiger partial charge in [-0.1, -0.05) is 0 Å². The van der Waals surface area contributed by atoms with Crippen LogP contribution in [0.1, 0.15) is 53.4 Å². The van der Waals surface area contributed by atoms with Crippen LogP contribution in [0.5, 0.6) is 0 Å². The van der Waals surface area contributed by atoms with Crippen molar-refractivity contribution in [2.75, 3.05) is 13.2 Å². The molecule has 2 aliphatic heterocycles. The molecule has 2 rings (SSSR count). The highest BCUT2D eigenvalue weighted by molar-refractivity contribution is 5.79. The molecular weight excluding hydrogens is 244 g/mol. The van der Waals surface area contributed by atoms with Gasteiger partial charge >= 0.3 is 0 Å². The quantitative estimate of drug-likeness (QED) is 0.788. The fourth-order valence-electron chi connectivity index (χ4n) is 2.73. The molecule has 0 bridgehead atoms. The smallest absolute Gasteiger partial charge is 0.163 e. The summed E-state index contributed by atoms with van der Waals surface area (Å²) in [5, 5.41) is 0. The van der Waals surface area contributed by atoms with Crippen molar-refractivity contribution >= 4 is 5.78 Å². The number of ether oxygens (including phenoxy) is 3. The Hall–Kier alpha value is -0.450. The molecule has 0 N–H and O–H groups in total. The molecule has 19 heavy (non-hydrogen) atoms. The van der Waals surface area contributed by atoms with Crippen molar-refractivity contribution in [1.29, 1.82) is 0 Å². The van der Waals surface area contributed by atoms with Gasteiger partial charge in [0.15, 0.2) is 5.79 Å². The van der Waals surface area contributed by atoms with E-state index in [1.54, 1.807) is 0 Å². The summed E-state index contributed by atoms with van der Waals surface area (Å²) in [5.41, 5.74) is -0.0218. The number of Topliss-reactive ketones (excluding diaryl/α,β-unsaturated/α-hetero) is 1. The molecular formula is C15H26O4. The number of hydrogen-bond acceptors (Lipinski definition) is 4. The fraction of sp³-hybridized carbons (Fsp3) is 0.933. The Bertz CT molecular complexity index is 325. The first-order valence-corrected chi connectivity index (χ1v) is 7.23. The van der Waals surface area contributed by atoms with E-state index in [1.807, 2.05) is 13.8 Å². The van der Waals surface area contributed by atoms with E-state index in [4.69, 9.17) is 14.2 Å². The summed E-state index contributed by atoms with van der Waals surface area (Å²) in [6.07, 6.45) is 3.09. The maximum atomic E-state index is 12.0. The molecule has 4 heteroatoms. The van der Waals surface area contributed by atoms with Crippen LogP contribution in [0.2, 0.25) is 0 Å². The molecule has 2 atom stereocenters. The highest BCUT2D eigenvalue weighted by Gasteiger charge is 2.34. The topological polar surface area (TPSA) is 44.8 Å². The number of carbonyl (C=O) groups is 1. The van der Waals surface area contributed by atoms with E-state index in [0.717, 1.165) is 12.8 Å². The highest BCUT2D eigenvalue weighted by atomic mass is 16.7. The van der Waals surface area contributed by atoms with E-state index in [1.165, 1.54) is 0 Å². The molecule has 110 valence electrons.